The Labute approximate surface area is 143 Å². The first-order chi connectivity index (χ1) is 11.0. The average Bonchev–Trinajstić information content (AvgIpc) is 2.89. The zero-order chi connectivity index (χ0) is 16.4. The van der Waals surface area contributed by atoms with Gasteiger partial charge in [0.05, 0.1) is 33.3 Å². The number of halogens is 1. The van der Waals surface area contributed by atoms with Gasteiger partial charge in [0.1, 0.15) is 0 Å². The molecule has 0 saturated heterocycles. The van der Waals surface area contributed by atoms with E-state index in [1.54, 1.807) is 24.8 Å². The molecule has 0 atom stereocenters. The average molecular weight is 373 g/mol. The van der Waals surface area contributed by atoms with Crippen molar-refractivity contribution in [2.45, 2.75) is 26.2 Å². The molecule has 23 heavy (non-hydrogen) atoms. The molecule has 0 N–H and O–H groups in total. The van der Waals surface area contributed by atoms with E-state index < -0.39 is 0 Å². The van der Waals surface area contributed by atoms with E-state index in [9.17, 15) is 0 Å². The maximum Gasteiger partial charge on any atom is 0.162 e. The van der Waals surface area contributed by atoms with Crippen LogP contribution in [0.15, 0.2) is 35.5 Å². The largest absolute Gasteiger partial charge is 0.271 e. The second kappa shape index (κ2) is 6.54. The van der Waals surface area contributed by atoms with Crippen LogP contribution in [0.5, 0.6) is 0 Å². The minimum Gasteiger partial charge on any atom is -0.271 e. The van der Waals surface area contributed by atoms with Crippen LogP contribution in [0, 0.1) is 0 Å². The topological polar surface area (TPSA) is 69.4 Å². The molecule has 6 nitrogen and oxygen atoms in total. The smallest absolute Gasteiger partial charge is 0.162 e. The van der Waals surface area contributed by atoms with Crippen LogP contribution in [0.4, 0.5) is 0 Å². The van der Waals surface area contributed by atoms with Gasteiger partial charge in [0.25, 0.3) is 0 Å². The highest BCUT2D eigenvalue weighted by Crippen LogP contribution is 2.22. The predicted molar refractivity (Wildman–Crippen MR) is 90.9 cm³/mol. The maximum atomic E-state index is 4.69. The summed E-state index contributed by atoms with van der Waals surface area (Å²) in [7, 11) is 1.91. The van der Waals surface area contributed by atoms with Crippen LogP contribution < -0.4 is 0 Å². The SMILES string of the molecule is CC(C)c1cncc(Cc2c(-c3ncc(Br)cn3)cnn2C)n1. The van der Waals surface area contributed by atoms with Gasteiger partial charge >= 0.3 is 0 Å². The van der Waals surface area contributed by atoms with E-state index in [0.717, 1.165) is 27.1 Å². The van der Waals surface area contributed by atoms with Gasteiger partial charge in [-0.25, -0.2) is 9.97 Å². The highest BCUT2D eigenvalue weighted by molar-refractivity contribution is 9.10. The molecule has 118 valence electrons. The van der Waals surface area contributed by atoms with Crippen molar-refractivity contribution in [3.05, 3.63) is 52.5 Å². The molecule has 7 heteroatoms. The Bertz CT molecular complexity index is 810. The van der Waals surface area contributed by atoms with E-state index in [2.05, 4.69) is 54.8 Å². The molecule has 0 aliphatic carbocycles. The first-order valence-corrected chi connectivity index (χ1v) is 8.13. The van der Waals surface area contributed by atoms with Crippen LogP contribution in [0.1, 0.15) is 36.8 Å². The monoisotopic (exact) mass is 372 g/mol. The van der Waals surface area contributed by atoms with Crippen molar-refractivity contribution >= 4 is 15.9 Å². The van der Waals surface area contributed by atoms with Gasteiger partial charge in [-0.1, -0.05) is 13.8 Å². The molecule has 0 aromatic carbocycles. The van der Waals surface area contributed by atoms with E-state index in [0.29, 0.717) is 18.2 Å². The van der Waals surface area contributed by atoms with Crippen LogP contribution in [-0.4, -0.2) is 29.7 Å². The Morgan fingerprint density at radius 3 is 2.52 bits per heavy atom. The molecule has 0 saturated carbocycles. The van der Waals surface area contributed by atoms with Crippen LogP contribution in [0.2, 0.25) is 0 Å². The molecular formula is C16H17BrN6. The Kier molecular flexibility index (Phi) is 4.47. The Balaban J connectivity index is 1.96. The molecule has 0 spiro atoms. The van der Waals surface area contributed by atoms with Crippen LogP contribution in [-0.2, 0) is 13.5 Å². The molecular weight excluding hydrogens is 356 g/mol. The summed E-state index contributed by atoms with van der Waals surface area (Å²) in [5, 5.41) is 4.35. The lowest BCUT2D eigenvalue weighted by Crippen LogP contribution is -2.05. The standard InChI is InChI=1S/C16H17BrN6/c1-10(2)14-9-18-7-12(22-14)4-15-13(8-21-23(15)3)16-19-5-11(17)6-20-16/h5-10H,4H2,1-3H3. The lowest BCUT2D eigenvalue weighted by Gasteiger charge is -2.08. The first kappa shape index (κ1) is 15.7. The minimum absolute atomic E-state index is 0.350. The summed E-state index contributed by atoms with van der Waals surface area (Å²) in [6, 6.07) is 0. The van der Waals surface area contributed by atoms with Crippen molar-refractivity contribution in [1.29, 1.82) is 0 Å². The van der Waals surface area contributed by atoms with Crippen molar-refractivity contribution in [3.8, 4) is 11.4 Å². The van der Waals surface area contributed by atoms with Gasteiger partial charge < -0.3 is 0 Å². The number of nitrogens with zero attached hydrogens (tertiary/aromatic N) is 6. The summed E-state index contributed by atoms with van der Waals surface area (Å²) >= 11 is 3.35. The highest BCUT2D eigenvalue weighted by Gasteiger charge is 2.15. The van der Waals surface area contributed by atoms with Crippen LogP contribution >= 0.6 is 15.9 Å². The lowest BCUT2D eigenvalue weighted by molar-refractivity contribution is 0.715. The molecule has 0 aliphatic heterocycles. The fourth-order valence-corrected chi connectivity index (χ4v) is 2.47. The second-order valence-electron chi connectivity index (χ2n) is 5.62. The molecule has 0 unspecified atom stereocenters. The van der Waals surface area contributed by atoms with E-state index >= 15 is 0 Å². The van der Waals surface area contributed by atoms with E-state index in [4.69, 9.17) is 0 Å². The summed E-state index contributed by atoms with van der Waals surface area (Å²) in [5.41, 5.74) is 3.84. The third-order valence-corrected chi connectivity index (χ3v) is 3.98. The van der Waals surface area contributed by atoms with Crippen molar-refractivity contribution in [2.24, 2.45) is 7.05 Å². The van der Waals surface area contributed by atoms with Crippen molar-refractivity contribution in [1.82, 2.24) is 29.7 Å². The zero-order valence-corrected chi connectivity index (χ0v) is 14.8. The number of hydrogen-bond acceptors (Lipinski definition) is 5. The molecule has 3 heterocycles. The summed E-state index contributed by atoms with van der Waals surface area (Å²) in [4.78, 5) is 17.7. The number of aromatic nitrogens is 6. The van der Waals surface area contributed by atoms with Gasteiger partial charge in [0.15, 0.2) is 5.82 Å². The van der Waals surface area contributed by atoms with Crippen molar-refractivity contribution < 1.29 is 0 Å². The van der Waals surface area contributed by atoms with Gasteiger partial charge in [-0.15, -0.1) is 0 Å². The highest BCUT2D eigenvalue weighted by atomic mass is 79.9. The van der Waals surface area contributed by atoms with E-state index in [1.807, 2.05) is 17.9 Å². The van der Waals surface area contributed by atoms with Gasteiger partial charge in [-0.2, -0.15) is 5.10 Å². The molecule has 3 rings (SSSR count). The van der Waals surface area contributed by atoms with Gasteiger partial charge in [0.2, 0.25) is 0 Å². The molecule has 0 fully saturated rings. The molecule has 3 aromatic heterocycles. The molecule has 0 amide bonds. The fraction of sp³-hybridized carbons (Fsp3) is 0.312. The maximum absolute atomic E-state index is 4.69. The number of rotatable bonds is 4. The summed E-state index contributed by atoms with van der Waals surface area (Å²) < 4.78 is 2.69. The predicted octanol–water partition coefficient (Wildman–Crippen LogP) is 3.14. The minimum atomic E-state index is 0.350. The summed E-state index contributed by atoms with van der Waals surface area (Å²) in [6.07, 6.45) is 9.51. The van der Waals surface area contributed by atoms with E-state index in [-0.39, 0.29) is 0 Å². The molecule has 0 radical (unpaired) electrons. The normalized spacial score (nSPS) is 11.2. The molecule has 0 aliphatic rings. The lowest BCUT2D eigenvalue weighted by atomic mass is 10.1. The Morgan fingerprint density at radius 2 is 1.83 bits per heavy atom. The van der Waals surface area contributed by atoms with Crippen molar-refractivity contribution in [2.75, 3.05) is 0 Å². The Morgan fingerprint density at radius 1 is 1.09 bits per heavy atom. The third kappa shape index (κ3) is 3.44. The van der Waals surface area contributed by atoms with Crippen LogP contribution in [0.25, 0.3) is 11.4 Å². The first-order valence-electron chi connectivity index (χ1n) is 7.34. The Hall–Kier alpha value is -2.15. The van der Waals surface area contributed by atoms with Crippen LogP contribution in [0.3, 0.4) is 0 Å². The number of hydrogen-bond donors (Lipinski definition) is 0. The third-order valence-electron chi connectivity index (χ3n) is 3.57. The van der Waals surface area contributed by atoms with Gasteiger partial charge in [-0.3, -0.25) is 14.6 Å². The number of aryl methyl sites for hydroxylation is 1. The summed E-state index contributed by atoms with van der Waals surface area (Å²) in [5.74, 6) is 1.01. The van der Waals surface area contributed by atoms with Gasteiger partial charge in [-0.05, 0) is 21.8 Å². The van der Waals surface area contributed by atoms with Gasteiger partial charge in [0, 0.05) is 38.3 Å². The summed E-state index contributed by atoms with van der Waals surface area (Å²) in [6.45, 7) is 4.22. The second-order valence-corrected chi connectivity index (χ2v) is 6.54. The molecule has 3 aromatic rings. The zero-order valence-electron chi connectivity index (χ0n) is 13.2. The quantitative estimate of drug-likeness (QED) is 0.703. The molecule has 0 bridgehead atoms. The fourth-order valence-electron chi connectivity index (χ4n) is 2.27. The van der Waals surface area contributed by atoms with E-state index in [1.165, 1.54) is 0 Å². The van der Waals surface area contributed by atoms with Crippen molar-refractivity contribution in [3.63, 3.8) is 0 Å².